The highest BCUT2D eigenvalue weighted by atomic mass is 15.4. The average Bonchev–Trinajstić information content (AvgIpc) is 2.99. The lowest BCUT2D eigenvalue weighted by Crippen LogP contribution is -1.95. The Morgan fingerprint density at radius 3 is 2.50 bits per heavy atom. The molecule has 1 aromatic carbocycles. The van der Waals surface area contributed by atoms with Crippen LogP contribution >= 0.6 is 0 Å². The molecule has 100 valence electrons. The summed E-state index contributed by atoms with van der Waals surface area (Å²) in [6.07, 6.45) is 9.09. The molecule has 2 aromatic heterocycles. The molecule has 0 N–H and O–H groups in total. The van der Waals surface area contributed by atoms with Crippen LogP contribution in [-0.2, 0) is 6.42 Å². The molecule has 5 nitrogen and oxygen atoms in total. The van der Waals surface area contributed by atoms with Gasteiger partial charge in [-0.25, -0.2) is 14.6 Å². The molecule has 0 saturated heterocycles. The minimum Gasteiger partial charge on any atom is -0.244 e. The SMILES string of the molecule is CCCc1ccc(-n2cc(-c3cncnc3)nn2)cc1. The summed E-state index contributed by atoms with van der Waals surface area (Å²) in [5.41, 5.74) is 3.97. The second-order valence-electron chi connectivity index (χ2n) is 4.59. The normalized spacial score (nSPS) is 10.7. The molecule has 0 amide bonds. The smallest absolute Gasteiger partial charge is 0.116 e. The number of hydrogen-bond acceptors (Lipinski definition) is 4. The van der Waals surface area contributed by atoms with Crippen molar-refractivity contribution in [2.45, 2.75) is 19.8 Å². The lowest BCUT2D eigenvalue weighted by Gasteiger charge is -2.02. The van der Waals surface area contributed by atoms with E-state index in [0.717, 1.165) is 29.8 Å². The number of rotatable bonds is 4. The summed E-state index contributed by atoms with van der Waals surface area (Å²) in [6.45, 7) is 2.18. The van der Waals surface area contributed by atoms with Crippen LogP contribution < -0.4 is 0 Å². The Morgan fingerprint density at radius 2 is 1.80 bits per heavy atom. The molecule has 0 aliphatic heterocycles. The van der Waals surface area contributed by atoms with Crippen molar-refractivity contribution < 1.29 is 0 Å². The predicted molar refractivity (Wildman–Crippen MR) is 76.4 cm³/mol. The molecular weight excluding hydrogens is 250 g/mol. The van der Waals surface area contributed by atoms with Crippen molar-refractivity contribution in [1.29, 1.82) is 0 Å². The Hall–Kier alpha value is -2.56. The lowest BCUT2D eigenvalue weighted by molar-refractivity contribution is 0.802. The van der Waals surface area contributed by atoms with Crippen molar-refractivity contribution in [3.05, 3.63) is 54.7 Å². The van der Waals surface area contributed by atoms with Gasteiger partial charge in [-0.05, 0) is 24.1 Å². The summed E-state index contributed by atoms with van der Waals surface area (Å²) in [5, 5.41) is 8.30. The van der Waals surface area contributed by atoms with Crippen LogP contribution in [0.2, 0.25) is 0 Å². The molecule has 5 heteroatoms. The van der Waals surface area contributed by atoms with Gasteiger partial charge in [0.15, 0.2) is 0 Å². The van der Waals surface area contributed by atoms with Crippen LogP contribution in [-0.4, -0.2) is 25.0 Å². The Bertz CT molecular complexity index is 673. The van der Waals surface area contributed by atoms with E-state index in [0.29, 0.717) is 0 Å². The van der Waals surface area contributed by atoms with E-state index in [1.807, 2.05) is 6.20 Å². The molecule has 0 atom stereocenters. The van der Waals surface area contributed by atoms with Gasteiger partial charge in [0.2, 0.25) is 0 Å². The van der Waals surface area contributed by atoms with Crippen LogP contribution in [0.15, 0.2) is 49.2 Å². The summed E-state index contributed by atoms with van der Waals surface area (Å²) in [7, 11) is 0. The van der Waals surface area contributed by atoms with Gasteiger partial charge in [0.05, 0.1) is 11.9 Å². The fourth-order valence-electron chi connectivity index (χ4n) is 2.06. The fraction of sp³-hybridized carbons (Fsp3) is 0.200. The van der Waals surface area contributed by atoms with Crippen LogP contribution in [0.3, 0.4) is 0 Å². The quantitative estimate of drug-likeness (QED) is 0.727. The summed E-state index contributed by atoms with van der Waals surface area (Å²) in [5.74, 6) is 0. The van der Waals surface area contributed by atoms with Gasteiger partial charge in [0.1, 0.15) is 12.0 Å². The molecule has 3 rings (SSSR count). The molecule has 0 bridgehead atoms. The van der Waals surface area contributed by atoms with E-state index in [1.54, 1.807) is 17.1 Å². The third-order valence-corrected chi connectivity index (χ3v) is 3.09. The Kier molecular flexibility index (Phi) is 3.50. The Morgan fingerprint density at radius 1 is 1.05 bits per heavy atom. The molecule has 0 spiro atoms. The maximum Gasteiger partial charge on any atom is 0.116 e. The van der Waals surface area contributed by atoms with E-state index in [2.05, 4.69) is 51.5 Å². The molecule has 2 heterocycles. The maximum atomic E-state index is 4.15. The molecule has 0 fully saturated rings. The number of nitrogens with zero attached hydrogens (tertiary/aromatic N) is 5. The zero-order chi connectivity index (χ0) is 13.8. The minimum absolute atomic E-state index is 0.767. The van der Waals surface area contributed by atoms with Crippen LogP contribution in [0, 0.1) is 0 Å². The van der Waals surface area contributed by atoms with Crippen LogP contribution in [0.1, 0.15) is 18.9 Å². The van der Waals surface area contributed by atoms with Crippen LogP contribution in [0.25, 0.3) is 16.9 Å². The topological polar surface area (TPSA) is 56.5 Å². The summed E-state index contributed by atoms with van der Waals surface area (Å²) in [6, 6.07) is 8.38. The van der Waals surface area contributed by atoms with Gasteiger partial charge in [0.25, 0.3) is 0 Å². The van der Waals surface area contributed by atoms with Gasteiger partial charge < -0.3 is 0 Å². The second-order valence-corrected chi connectivity index (χ2v) is 4.59. The molecule has 0 aliphatic rings. The van der Waals surface area contributed by atoms with Crippen molar-refractivity contribution in [3.63, 3.8) is 0 Å². The van der Waals surface area contributed by atoms with Gasteiger partial charge in [-0.1, -0.05) is 30.7 Å². The highest BCUT2D eigenvalue weighted by Gasteiger charge is 2.05. The molecule has 3 aromatic rings. The number of aromatic nitrogens is 5. The first kappa shape index (κ1) is 12.5. The van der Waals surface area contributed by atoms with Crippen molar-refractivity contribution >= 4 is 0 Å². The van der Waals surface area contributed by atoms with E-state index in [4.69, 9.17) is 0 Å². The van der Waals surface area contributed by atoms with Crippen LogP contribution in [0.4, 0.5) is 0 Å². The van der Waals surface area contributed by atoms with Gasteiger partial charge in [-0.3, -0.25) is 0 Å². The van der Waals surface area contributed by atoms with Gasteiger partial charge in [-0.15, -0.1) is 5.10 Å². The van der Waals surface area contributed by atoms with Gasteiger partial charge in [-0.2, -0.15) is 0 Å². The first-order valence-electron chi connectivity index (χ1n) is 6.64. The Labute approximate surface area is 117 Å². The second kappa shape index (κ2) is 5.61. The van der Waals surface area contributed by atoms with Crippen molar-refractivity contribution in [1.82, 2.24) is 25.0 Å². The standard InChI is InChI=1S/C15H15N5/c1-2-3-12-4-6-14(7-5-12)20-10-15(18-19-20)13-8-16-11-17-9-13/h4-11H,2-3H2,1H3. The summed E-state index contributed by atoms with van der Waals surface area (Å²) < 4.78 is 1.76. The van der Waals surface area contributed by atoms with E-state index in [-0.39, 0.29) is 0 Å². The summed E-state index contributed by atoms with van der Waals surface area (Å²) in [4.78, 5) is 7.97. The van der Waals surface area contributed by atoms with Crippen LogP contribution in [0.5, 0.6) is 0 Å². The molecule has 0 saturated carbocycles. The first-order chi connectivity index (χ1) is 9.86. The third kappa shape index (κ3) is 2.56. The molecular formula is C15H15N5. The van der Waals surface area contributed by atoms with Crippen molar-refractivity contribution in [2.75, 3.05) is 0 Å². The monoisotopic (exact) mass is 265 g/mol. The van der Waals surface area contributed by atoms with Crippen molar-refractivity contribution in [2.24, 2.45) is 0 Å². The average molecular weight is 265 g/mol. The number of aryl methyl sites for hydroxylation is 1. The molecule has 0 radical (unpaired) electrons. The van der Waals surface area contributed by atoms with Gasteiger partial charge in [0, 0.05) is 18.0 Å². The largest absolute Gasteiger partial charge is 0.244 e. The van der Waals surface area contributed by atoms with E-state index in [1.165, 1.54) is 11.9 Å². The summed E-state index contributed by atoms with van der Waals surface area (Å²) >= 11 is 0. The van der Waals surface area contributed by atoms with Crippen molar-refractivity contribution in [3.8, 4) is 16.9 Å². The Balaban J connectivity index is 1.86. The first-order valence-corrected chi connectivity index (χ1v) is 6.64. The van der Waals surface area contributed by atoms with Gasteiger partial charge >= 0.3 is 0 Å². The zero-order valence-electron chi connectivity index (χ0n) is 11.3. The van der Waals surface area contributed by atoms with E-state index in [9.17, 15) is 0 Å². The number of benzene rings is 1. The molecule has 0 unspecified atom stereocenters. The maximum absolute atomic E-state index is 4.15. The minimum atomic E-state index is 0.767. The van der Waals surface area contributed by atoms with E-state index >= 15 is 0 Å². The molecule has 0 aliphatic carbocycles. The zero-order valence-corrected chi connectivity index (χ0v) is 11.3. The predicted octanol–water partition coefficient (Wildman–Crippen LogP) is 2.68. The third-order valence-electron chi connectivity index (χ3n) is 3.09. The highest BCUT2D eigenvalue weighted by molar-refractivity contribution is 5.55. The molecule has 20 heavy (non-hydrogen) atoms. The van der Waals surface area contributed by atoms with E-state index < -0.39 is 0 Å². The highest BCUT2D eigenvalue weighted by Crippen LogP contribution is 2.16. The number of hydrogen-bond donors (Lipinski definition) is 0. The lowest BCUT2D eigenvalue weighted by atomic mass is 10.1. The fourth-order valence-corrected chi connectivity index (χ4v) is 2.06.